The maximum atomic E-state index is 13.4. The van der Waals surface area contributed by atoms with Gasteiger partial charge in [0.05, 0.1) is 25.5 Å². The van der Waals surface area contributed by atoms with Crippen molar-refractivity contribution in [3.8, 4) is 0 Å². The maximum Gasteiger partial charge on any atom is 0.209 e. The molecule has 1 aromatic heterocycles. The van der Waals surface area contributed by atoms with Gasteiger partial charge in [-0.1, -0.05) is 34.8 Å². The molecule has 0 radical (unpaired) electrons. The predicted molar refractivity (Wildman–Crippen MR) is 88.6 cm³/mol. The Morgan fingerprint density at radius 1 is 0.957 bits per heavy atom. The minimum atomic E-state index is -3.97. The average Bonchev–Trinajstić information content (AvgIpc) is 2.50. The molecule has 0 saturated heterocycles. The summed E-state index contributed by atoms with van der Waals surface area (Å²) in [5.41, 5.74) is 0.393. The van der Waals surface area contributed by atoms with E-state index < -0.39 is 15.7 Å². The summed E-state index contributed by atoms with van der Waals surface area (Å²) in [6.45, 7) is 0. The Kier molecular flexibility index (Phi) is 4.23. The number of nitrogens with zero attached hydrogens (tertiary/aromatic N) is 1. The first-order chi connectivity index (χ1) is 10.8. The predicted octanol–water partition coefficient (Wildman–Crippen LogP) is 5.17. The summed E-state index contributed by atoms with van der Waals surface area (Å²) in [5, 5.41) is 0.451. The molecule has 0 bridgehead atoms. The van der Waals surface area contributed by atoms with Crippen LogP contribution in [0.2, 0.25) is 15.1 Å². The molecule has 2 aromatic carbocycles. The van der Waals surface area contributed by atoms with Gasteiger partial charge >= 0.3 is 0 Å². The summed E-state index contributed by atoms with van der Waals surface area (Å²) in [4.78, 5) is 3.72. The topological polar surface area (TPSA) is 47.0 Å². The van der Waals surface area contributed by atoms with E-state index >= 15 is 0 Å². The van der Waals surface area contributed by atoms with Gasteiger partial charge in [0.15, 0.2) is 0 Å². The second-order valence-electron chi connectivity index (χ2n) is 4.68. The number of halogens is 4. The lowest BCUT2D eigenvalue weighted by Crippen LogP contribution is -2.04. The third-order valence-electron chi connectivity index (χ3n) is 3.22. The molecule has 0 aliphatic heterocycles. The Balaban J connectivity index is 2.26. The molecule has 0 fully saturated rings. The highest BCUT2D eigenvalue weighted by atomic mass is 35.5. The van der Waals surface area contributed by atoms with Crippen LogP contribution in [0.5, 0.6) is 0 Å². The lowest BCUT2D eigenvalue weighted by Gasteiger charge is -2.09. The fraction of sp³-hybridized carbons (Fsp3) is 0. The molecule has 3 rings (SSSR count). The molecule has 0 amide bonds. The molecule has 0 saturated carbocycles. The molecule has 3 nitrogen and oxygen atoms in total. The van der Waals surface area contributed by atoms with Gasteiger partial charge in [-0.15, -0.1) is 0 Å². The number of hydrogen-bond acceptors (Lipinski definition) is 3. The molecular formula is C15H7Cl3FNO2S. The Labute approximate surface area is 146 Å². The molecule has 8 heteroatoms. The zero-order chi connectivity index (χ0) is 16.8. The van der Waals surface area contributed by atoms with E-state index in [1.54, 1.807) is 0 Å². The maximum absolute atomic E-state index is 13.4. The van der Waals surface area contributed by atoms with E-state index in [9.17, 15) is 12.8 Å². The van der Waals surface area contributed by atoms with Crippen LogP contribution < -0.4 is 0 Å². The first kappa shape index (κ1) is 16.5. The molecule has 1 heterocycles. The van der Waals surface area contributed by atoms with Crippen molar-refractivity contribution in [3.05, 3.63) is 63.5 Å². The van der Waals surface area contributed by atoms with Crippen molar-refractivity contribution >= 4 is 55.5 Å². The van der Waals surface area contributed by atoms with Crippen molar-refractivity contribution in [1.29, 1.82) is 0 Å². The van der Waals surface area contributed by atoms with E-state index in [2.05, 4.69) is 4.98 Å². The largest absolute Gasteiger partial charge is 0.255 e. The van der Waals surface area contributed by atoms with Gasteiger partial charge < -0.3 is 0 Å². The van der Waals surface area contributed by atoms with Crippen LogP contribution >= 0.6 is 34.8 Å². The number of rotatable bonds is 2. The smallest absolute Gasteiger partial charge is 0.209 e. The van der Waals surface area contributed by atoms with Crippen LogP contribution in [0.1, 0.15) is 0 Å². The standard InChI is InChI=1S/C15H7Cl3FNO2S/c16-11-3-2-9(6-12(11)17)23(21,22)14-7-20-13-4-1-8(19)5-10(13)15(14)18/h1-7H. The first-order valence-electron chi connectivity index (χ1n) is 6.24. The summed E-state index contributed by atoms with van der Waals surface area (Å²) in [5.74, 6) is -0.537. The molecule has 3 aromatic rings. The quantitative estimate of drug-likeness (QED) is 0.606. The van der Waals surface area contributed by atoms with E-state index in [4.69, 9.17) is 34.8 Å². The molecule has 0 atom stereocenters. The number of fused-ring (bicyclic) bond motifs is 1. The second-order valence-corrected chi connectivity index (χ2v) is 7.79. The van der Waals surface area contributed by atoms with E-state index in [0.717, 1.165) is 12.3 Å². The van der Waals surface area contributed by atoms with Crippen molar-refractivity contribution in [2.75, 3.05) is 0 Å². The molecule has 118 valence electrons. The lowest BCUT2D eigenvalue weighted by atomic mass is 10.2. The van der Waals surface area contributed by atoms with E-state index in [1.807, 2.05) is 0 Å². The van der Waals surface area contributed by atoms with Crippen LogP contribution in [-0.2, 0) is 9.84 Å². The van der Waals surface area contributed by atoms with Gasteiger partial charge in [0, 0.05) is 11.6 Å². The Hall–Kier alpha value is -1.40. The van der Waals surface area contributed by atoms with E-state index in [0.29, 0.717) is 5.52 Å². The third-order valence-corrected chi connectivity index (χ3v) is 6.24. The van der Waals surface area contributed by atoms with E-state index in [1.165, 1.54) is 30.3 Å². The lowest BCUT2D eigenvalue weighted by molar-refractivity contribution is 0.596. The van der Waals surface area contributed by atoms with Crippen LogP contribution in [0.15, 0.2) is 52.4 Å². The third kappa shape index (κ3) is 2.90. The fourth-order valence-corrected chi connectivity index (χ4v) is 4.25. The average molecular weight is 391 g/mol. The number of aromatic nitrogens is 1. The molecule has 23 heavy (non-hydrogen) atoms. The normalized spacial score (nSPS) is 11.8. The van der Waals surface area contributed by atoms with Crippen LogP contribution in [0.4, 0.5) is 4.39 Å². The van der Waals surface area contributed by atoms with Gasteiger partial charge in [0.25, 0.3) is 0 Å². The molecular weight excluding hydrogens is 384 g/mol. The number of sulfone groups is 1. The minimum Gasteiger partial charge on any atom is -0.255 e. The number of hydrogen-bond donors (Lipinski definition) is 0. The van der Waals surface area contributed by atoms with Crippen molar-refractivity contribution < 1.29 is 12.8 Å². The number of pyridine rings is 1. The Bertz CT molecular complexity index is 1040. The van der Waals surface area contributed by atoms with Crippen LogP contribution in [0.3, 0.4) is 0 Å². The molecule has 0 aliphatic rings. The molecule has 0 spiro atoms. The van der Waals surface area contributed by atoms with Gasteiger partial charge in [-0.2, -0.15) is 0 Å². The van der Waals surface area contributed by atoms with Crippen LogP contribution in [0.25, 0.3) is 10.9 Å². The molecule has 0 N–H and O–H groups in total. The fourth-order valence-electron chi connectivity index (χ4n) is 2.07. The van der Waals surface area contributed by atoms with Crippen molar-refractivity contribution in [2.45, 2.75) is 9.79 Å². The van der Waals surface area contributed by atoms with Crippen molar-refractivity contribution in [3.63, 3.8) is 0 Å². The highest BCUT2D eigenvalue weighted by molar-refractivity contribution is 7.91. The van der Waals surface area contributed by atoms with Crippen molar-refractivity contribution in [1.82, 2.24) is 4.98 Å². The van der Waals surface area contributed by atoms with Gasteiger partial charge in [0.1, 0.15) is 10.7 Å². The zero-order valence-electron chi connectivity index (χ0n) is 11.2. The van der Waals surface area contributed by atoms with Gasteiger partial charge in [-0.05, 0) is 36.4 Å². The van der Waals surface area contributed by atoms with Crippen LogP contribution in [-0.4, -0.2) is 13.4 Å². The first-order valence-corrected chi connectivity index (χ1v) is 8.86. The van der Waals surface area contributed by atoms with Gasteiger partial charge in [-0.3, -0.25) is 4.98 Å². The summed E-state index contributed by atoms with van der Waals surface area (Å²) >= 11 is 17.8. The summed E-state index contributed by atoms with van der Waals surface area (Å²) < 4.78 is 38.9. The van der Waals surface area contributed by atoms with E-state index in [-0.39, 0.29) is 30.2 Å². The Morgan fingerprint density at radius 2 is 1.70 bits per heavy atom. The van der Waals surface area contributed by atoms with Crippen LogP contribution in [0, 0.1) is 5.82 Å². The highest BCUT2D eigenvalue weighted by Gasteiger charge is 2.24. The zero-order valence-corrected chi connectivity index (χ0v) is 14.3. The van der Waals surface area contributed by atoms with Gasteiger partial charge in [0.2, 0.25) is 9.84 Å². The summed E-state index contributed by atoms with van der Waals surface area (Å²) in [6, 6.07) is 7.70. The van der Waals surface area contributed by atoms with Gasteiger partial charge in [-0.25, -0.2) is 12.8 Å². The highest BCUT2D eigenvalue weighted by Crippen LogP contribution is 2.34. The van der Waals surface area contributed by atoms with Crippen molar-refractivity contribution in [2.24, 2.45) is 0 Å². The second kappa shape index (κ2) is 5.91. The Morgan fingerprint density at radius 3 is 2.39 bits per heavy atom. The monoisotopic (exact) mass is 389 g/mol. The SMILES string of the molecule is O=S(=O)(c1ccc(Cl)c(Cl)c1)c1cnc2ccc(F)cc2c1Cl. The summed E-state index contributed by atoms with van der Waals surface area (Å²) in [6.07, 6.45) is 1.14. The minimum absolute atomic E-state index is 0.0775. The summed E-state index contributed by atoms with van der Waals surface area (Å²) in [7, 11) is -3.97. The molecule has 0 aliphatic carbocycles. The number of benzene rings is 2. The molecule has 0 unspecified atom stereocenters.